The van der Waals surface area contributed by atoms with Crippen molar-refractivity contribution in [1.29, 1.82) is 0 Å². The van der Waals surface area contributed by atoms with E-state index in [4.69, 9.17) is 0 Å². The first kappa shape index (κ1) is 6.08. The monoisotopic (exact) mass is 117 g/mol. The van der Waals surface area contributed by atoms with Gasteiger partial charge in [-0.1, -0.05) is 11.6 Å². The van der Waals surface area contributed by atoms with E-state index in [-0.39, 0.29) is 0 Å². The van der Waals surface area contributed by atoms with Crippen LogP contribution in [-0.4, -0.2) is 6.43 Å². The van der Waals surface area contributed by atoms with Gasteiger partial charge in [-0.2, -0.15) is 0 Å². The Morgan fingerprint density at radius 1 is 1.50 bits per heavy atom. The van der Waals surface area contributed by atoms with Crippen LogP contribution < -0.4 is 0 Å². The molecule has 0 aliphatic carbocycles. The fraction of sp³-hybridized carbons (Fsp3) is 0.500. The third kappa shape index (κ3) is 2.33. The number of halogens is 4. The zero-order chi connectivity index (χ0) is 5.15. The van der Waals surface area contributed by atoms with Crippen molar-refractivity contribution in [3.05, 3.63) is 5.63 Å². The Bertz CT molecular complexity index is 29.8. The minimum Gasteiger partial charge on any atom is -0.214 e. The molecule has 0 bridgehead atoms. The highest BCUT2D eigenvalue weighted by molar-refractivity contribution is 6.25. The first-order chi connectivity index (χ1) is 2.64. The summed E-state index contributed by atoms with van der Waals surface area (Å²) in [6.45, 7) is 0. The van der Waals surface area contributed by atoms with Crippen LogP contribution in [0.2, 0.25) is 0 Å². The van der Waals surface area contributed by atoms with Crippen molar-refractivity contribution >= 4 is 11.6 Å². The van der Waals surface area contributed by atoms with Gasteiger partial charge >= 0.3 is 0 Å². The summed E-state index contributed by atoms with van der Waals surface area (Å²) in [5, 5.41) is 0. The molecular formula is C2HClF3. The zero-order valence-corrected chi connectivity index (χ0v) is 3.35. The summed E-state index contributed by atoms with van der Waals surface area (Å²) >= 11 is 4.11. The lowest BCUT2D eigenvalue weighted by molar-refractivity contribution is 0.140. The van der Waals surface area contributed by atoms with Crippen LogP contribution in [0, 0.1) is 5.63 Å². The van der Waals surface area contributed by atoms with E-state index in [0.29, 0.717) is 0 Å². The van der Waals surface area contributed by atoms with E-state index in [1.165, 1.54) is 0 Å². The van der Waals surface area contributed by atoms with Crippen LogP contribution >= 0.6 is 11.6 Å². The number of hydrogen-bond donors (Lipinski definition) is 0. The standard InChI is InChI=1S/C2HClF3/c3-1(4)2(5)6/h2H. The molecule has 0 aromatic heterocycles. The lowest BCUT2D eigenvalue weighted by Gasteiger charge is -1.88. The molecule has 0 saturated heterocycles. The van der Waals surface area contributed by atoms with Gasteiger partial charge in [0.25, 0.3) is 12.1 Å². The summed E-state index contributed by atoms with van der Waals surface area (Å²) in [4.78, 5) is 0. The third-order valence-corrected chi connectivity index (χ3v) is 0.330. The van der Waals surface area contributed by atoms with Gasteiger partial charge in [0, 0.05) is 0 Å². The Hall–Kier alpha value is 0.0800. The Morgan fingerprint density at radius 2 is 1.67 bits per heavy atom. The summed E-state index contributed by atoms with van der Waals surface area (Å²) in [6.07, 6.45) is -3.13. The first-order valence-electron chi connectivity index (χ1n) is 1.10. The highest BCUT2D eigenvalue weighted by atomic mass is 35.5. The SMILES string of the molecule is F[C](Cl)C(F)F. The number of alkyl halides is 2. The van der Waals surface area contributed by atoms with Crippen LogP contribution in [0.15, 0.2) is 0 Å². The molecule has 0 fully saturated rings. The van der Waals surface area contributed by atoms with Crippen molar-refractivity contribution in [2.24, 2.45) is 0 Å². The smallest absolute Gasteiger partial charge is 0.214 e. The minimum absolute atomic E-state index is 1.85. The predicted molar refractivity (Wildman–Crippen MR) is 16.2 cm³/mol. The maximum atomic E-state index is 10.8. The van der Waals surface area contributed by atoms with Gasteiger partial charge in [-0.3, -0.25) is 0 Å². The van der Waals surface area contributed by atoms with Crippen molar-refractivity contribution < 1.29 is 13.2 Å². The summed E-state index contributed by atoms with van der Waals surface area (Å²) < 4.78 is 32.0. The fourth-order valence-electron chi connectivity index (χ4n) is 0. The van der Waals surface area contributed by atoms with Gasteiger partial charge in [0.15, 0.2) is 0 Å². The second kappa shape index (κ2) is 2.29. The zero-order valence-electron chi connectivity index (χ0n) is 2.59. The van der Waals surface area contributed by atoms with Crippen LogP contribution in [0.1, 0.15) is 0 Å². The second-order valence-electron chi connectivity index (χ2n) is 0.590. The van der Waals surface area contributed by atoms with Crippen LogP contribution in [0.25, 0.3) is 0 Å². The van der Waals surface area contributed by atoms with Crippen molar-refractivity contribution in [2.45, 2.75) is 6.43 Å². The van der Waals surface area contributed by atoms with Gasteiger partial charge in [-0.25, -0.2) is 13.2 Å². The van der Waals surface area contributed by atoms with Crippen molar-refractivity contribution in [3.63, 3.8) is 0 Å². The molecule has 0 aromatic rings. The normalized spacial score (nSPS) is 11.0. The summed E-state index contributed by atoms with van der Waals surface area (Å²) in [5.74, 6) is 0. The molecule has 0 amide bonds. The van der Waals surface area contributed by atoms with Gasteiger partial charge in [0.05, 0.1) is 0 Å². The average molecular weight is 117 g/mol. The Kier molecular flexibility index (Phi) is 2.32. The first-order valence-corrected chi connectivity index (χ1v) is 1.48. The molecule has 0 N–H and O–H groups in total. The molecule has 0 aliphatic heterocycles. The molecule has 0 spiro atoms. The largest absolute Gasteiger partial charge is 0.296 e. The van der Waals surface area contributed by atoms with Gasteiger partial charge in [-0.15, -0.1) is 0 Å². The van der Waals surface area contributed by atoms with Gasteiger partial charge in [0.2, 0.25) is 0 Å². The number of hydrogen-bond acceptors (Lipinski definition) is 0. The van der Waals surface area contributed by atoms with E-state index in [1.807, 2.05) is 0 Å². The Balaban J connectivity index is 2.99. The molecule has 4 heteroatoms. The third-order valence-electron chi connectivity index (χ3n) is 0.165. The van der Waals surface area contributed by atoms with E-state index < -0.39 is 12.1 Å². The molecule has 0 heterocycles. The molecular weight excluding hydrogens is 116 g/mol. The average Bonchev–Trinajstić information content (AvgIpc) is 1.36. The van der Waals surface area contributed by atoms with Crippen molar-refractivity contribution in [3.8, 4) is 0 Å². The summed E-state index contributed by atoms with van der Waals surface area (Å²) in [5.41, 5.74) is -1.85. The molecule has 0 atom stereocenters. The molecule has 1 radical (unpaired) electrons. The fourth-order valence-corrected chi connectivity index (χ4v) is 0. The van der Waals surface area contributed by atoms with Crippen LogP contribution in [0.3, 0.4) is 0 Å². The quantitative estimate of drug-likeness (QED) is 0.492. The maximum absolute atomic E-state index is 10.8. The van der Waals surface area contributed by atoms with E-state index in [0.717, 1.165) is 0 Å². The lowest BCUT2D eigenvalue weighted by Crippen LogP contribution is -1.91. The molecule has 37 valence electrons. The van der Waals surface area contributed by atoms with E-state index in [9.17, 15) is 13.2 Å². The molecule has 0 rings (SSSR count). The van der Waals surface area contributed by atoms with Crippen molar-refractivity contribution in [1.82, 2.24) is 0 Å². The highest BCUT2D eigenvalue weighted by Gasteiger charge is 2.16. The lowest BCUT2D eigenvalue weighted by atomic mass is 10.8. The van der Waals surface area contributed by atoms with Gasteiger partial charge in [0.1, 0.15) is 0 Å². The summed E-state index contributed by atoms with van der Waals surface area (Å²) in [7, 11) is 0. The Morgan fingerprint density at radius 3 is 1.67 bits per heavy atom. The number of rotatable bonds is 1. The van der Waals surface area contributed by atoms with E-state index in [1.54, 1.807) is 0 Å². The van der Waals surface area contributed by atoms with Gasteiger partial charge in [-0.05, 0) is 0 Å². The second-order valence-corrected chi connectivity index (χ2v) is 0.951. The molecule has 0 nitrogen and oxygen atoms in total. The van der Waals surface area contributed by atoms with Crippen LogP contribution in [0.4, 0.5) is 13.2 Å². The predicted octanol–water partition coefficient (Wildman–Crippen LogP) is 1.95. The van der Waals surface area contributed by atoms with E-state index in [2.05, 4.69) is 11.6 Å². The maximum Gasteiger partial charge on any atom is 0.296 e. The minimum atomic E-state index is -3.13. The van der Waals surface area contributed by atoms with E-state index >= 15 is 0 Å². The van der Waals surface area contributed by atoms with Crippen LogP contribution in [-0.2, 0) is 0 Å². The molecule has 0 aromatic carbocycles. The van der Waals surface area contributed by atoms with Gasteiger partial charge < -0.3 is 0 Å². The summed E-state index contributed by atoms with van der Waals surface area (Å²) in [6, 6.07) is 0. The Labute approximate surface area is 37.9 Å². The topological polar surface area (TPSA) is 0 Å². The van der Waals surface area contributed by atoms with Crippen LogP contribution in [0.5, 0.6) is 0 Å². The molecule has 0 unspecified atom stereocenters. The van der Waals surface area contributed by atoms with Crippen molar-refractivity contribution in [2.75, 3.05) is 0 Å². The molecule has 0 aliphatic rings. The molecule has 6 heavy (non-hydrogen) atoms. The molecule has 0 saturated carbocycles. The highest BCUT2D eigenvalue weighted by Crippen LogP contribution is 2.16.